The Morgan fingerprint density at radius 3 is 2.95 bits per heavy atom. The fraction of sp³-hybridized carbons (Fsp3) is 0.200. The van der Waals surface area contributed by atoms with Crippen molar-refractivity contribution in [3.8, 4) is 0 Å². The first-order valence-corrected chi connectivity index (χ1v) is 6.90. The first kappa shape index (κ1) is 15.6. The van der Waals surface area contributed by atoms with E-state index in [0.29, 0.717) is 10.7 Å². The molecule has 1 aromatic heterocycles. The molecule has 1 amide bonds. The molecular formula is C15H15Cl2N3O. The van der Waals surface area contributed by atoms with Gasteiger partial charge in [0.1, 0.15) is 5.15 Å². The van der Waals surface area contributed by atoms with Crippen LogP contribution in [0.5, 0.6) is 0 Å². The molecule has 0 radical (unpaired) electrons. The summed E-state index contributed by atoms with van der Waals surface area (Å²) in [4.78, 5) is 16.0. The van der Waals surface area contributed by atoms with Crippen molar-refractivity contribution in [3.05, 3.63) is 52.8 Å². The molecule has 21 heavy (non-hydrogen) atoms. The summed E-state index contributed by atoms with van der Waals surface area (Å²) in [6.07, 6.45) is 3.75. The smallest absolute Gasteiger partial charge is 0.255 e. The molecule has 110 valence electrons. The van der Waals surface area contributed by atoms with Crippen LogP contribution in [0.2, 0.25) is 5.15 Å². The number of amides is 1. The Balaban J connectivity index is 0.00000161. The van der Waals surface area contributed by atoms with E-state index in [-0.39, 0.29) is 18.3 Å². The monoisotopic (exact) mass is 323 g/mol. The Hall–Kier alpha value is -1.78. The zero-order valence-electron chi connectivity index (χ0n) is 11.2. The van der Waals surface area contributed by atoms with Crippen molar-refractivity contribution in [2.45, 2.75) is 12.8 Å². The van der Waals surface area contributed by atoms with E-state index in [1.807, 2.05) is 12.1 Å². The fourth-order valence-electron chi connectivity index (χ4n) is 2.29. The SMILES string of the molecule is Cl.O=C(Nc1ccc2c(c1)NCCC2)c1ccnc(Cl)c1. The van der Waals surface area contributed by atoms with Crippen molar-refractivity contribution < 1.29 is 4.79 Å². The summed E-state index contributed by atoms with van der Waals surface area (Å²) in [7, 11) is 0. The van der Waals surface area contributed by atoms with E-state index in [1.54, 1.807) is 12.1 Å². The van der Waals surface area contributed by atoms with Crippen LogP contribution in [0.4, 0.5) is 11.4 Å². The van der Waals surface area contributed by atoms with Gasteiger partial charge in [-0.2, -0.15) is 0 Å². The van der Waals surface area contributed by atoms with Crippen LogP contribution in [0.15, 0.2) is 36.5 Å². The quantitative estimate of drug-likeness (QED) is 0.827. The normalized spacial score (nSPS) is 12.6. The number of rotatable bonds is 2. The molecule has 0 saturated carbocycles. The maximum Gasteiger partial charge on any atom is 0.255 e. The number of aromatic nitrogens is 1. The number of carbonyl (C=O) groups excluding carboxylic acids is 1. The van der Waals surface area contributed by atoms with Crippen LogP contribution in [0.1, 0.15) is 22.3 Å². The zero-order valence-corrected chi connectivity index (χ0v) is 12.8. The van der Waals surface area contributed by atoms with Gasteiger partial charge >= 0.3 is 0 Å². The molecule has 1 aromatic carbocycles. The summed E-state index contributed by atoms with van der Waals surface area (Å²) in [6.45, 7) is 0.977. The van der Waals surface area contributed by atoms with Crippen LogP contribution in [0.3, 0.4) is 0 Å². The number of hydrogen-bond donors (Lipinski definition) is 2. The molecule has 0 fully saturated rings. The van der Waals surface area contributed by atoms with E-state index in [4.69, 9.17) is 11.6 Å². The molecule has 1 aliphatic rings. The van der Waals surface area contributed by atoms with Crippen LogP contribution >= 0.6 is 24.0 Å². The van der Waals surface area contributed by atoms with Gasteiger partial charge in [0.15, 0.2) is 0 Å². The fourth-order valence-corrected chi connectivity index (χ4v) is 2.46. The second kappa shape index (κ2) is 6.78. The Labute approximate surface area is 134 Å². The van der Waals surface area contributed by atoms with Gasteiger partial charge in [-0.05, 0) is 42.7 Å². The average molecular weight is 324 g/mol. The van der Waals surface area contributed by atoms with Gasteiger partial charge in [-0.1, -0.05) is 17.7 Å². The second-order valence-corrected chi connectivity index (χ2v) is 5.11. The third kappa shape index (κ3) is 3.65. The molecule has 0 unspecified atom stereocenters. The van der Waals surface area contributed by atoms with Gasteiger partial charge in [0.25, 0.3) is 5.91 Å². The molecule has 2 N–H and O–H groups in total. The molecule has 0 aliphatic carbocycles. The lowest BCUT2D eigenvalue weighted by atomic mass is 10.0. The number of fused-ring (bicyclic) bond motifs is 1. The number of anilines is 2. The van der Waals surface area contributed by atoms with Crippen LogP contribution in [-0.4, -0.2) is 17.4 Å². The van der Waals surface area contributed by atoms with Crippen molar-refractivity contribution in [3.63, 3.8) is 0 Å². The third-order valence-corrected chi connectivity index (χ3v) is 3.50. The van der Waals surface area contributed by atoms with Crippen molar-refractivity contribution >= 4 is 41.3 Å². The average Bonchev–Trinajstić information content (AvgIpc) is 2.47. The van der Waals surface area contributed by atoms with Gasteiger partial charge in [-0.25, -0.2) is 4.98 Å². The predicted molar refractivity (Wildman–Crippen MR) is 87.7 cm³/mol. The standard InChI is InChI=1S/C15H14ClN3O.ClH/c16-14-8-11(5-7-18-14)15(20)19-12-4-3-10-2-1-6-17-13(10)9-12;/h3-5,7-9,17H,1-2,6H2,(H,19,20);1H. The lowest BCUT2D eigenvalue weighted by Crippen LogP contribution is -2.14. The maximum absolute atomic E-state index is 12.1. The number of halogens is 2. The van der Waals surface area contributed by atoms with E-state index in [1.165, 1.54) is 11.8 Å². The lowest BCUT2D eigenvalue weighted by Gasteiger charge is -2.18. The van der Waals surface area contributed by atoms with Crippen LogP contribution < -0.4 is 10.6 Å². The molecule has 0 spiro atoms. The highest BCUT2D eigenvalue weighted by Crippen LogP contribution is 2.25. The highest BCUT2D eigenvalue weighted by atomic mass is 35.5. The van der Waals surface area contributed by atoms with Crippen molar-refractivity contribution in [1.82, 2.24) is 4.98 Å². The minimum absolute atomic E-state index is 0. The molecule has 1 aliphatic heterocycles. The molecule has 0 saturated heterocycles. The lowest BCUT2D eigenvalue weighted by molar-refractivity contribution is 0.102. The summed E-state index contributed by atoms with van der Waals surface area (Å²) >= 11 is 5.79. The van der Waals surface area contributed by atoms with Gasteiger partial charge in [-0.3, -0.25) is 4.79 Å². The topological polar surface area (TPSA) is 54.0 Å². The van der Waals surface area contributed by atoms with Crippen LogP contribution in [0.25, 0.3) is 0 Å². The number of hydrogen-bond acceptors (Lipinski definition) is 3. The van der Waals surface area contributed by atoms with E-state index < -0.39 is 0 Å². The van der Waals surface area contributed by atoms with Gasteiger partial charge in [0.05, 0.1) is 0 Å². The van der Waals surface area contributed by atoms with Crippen molar-refractivity contribution in [2.24, 2.45) is 0 Å². The van der Waals surface area contributed by atoms with Gasteiger partial charge in [-0.15, -0.1) is 12.4 Å². The number of carbonyl (C=O) groups is 1. The molecule has 2 aromatic rings. The molecule has 0 atom stereocenters. The third-order valence-electron chi connectivity index (χ3n) is 3.29. The first-order valence-electron chi connectivity index (χ1n) is 6.52. The molecular weight excluding hydrogens is 309 g/mol. The highest BCUT2D eigenvalue weighted by Gasteiger charge is 2.11. The largest absolute Gasteiger partial charge is 0.385 e. The number of nitrogens with zero attached hydrogens (tertiary/aromatic N) is 1. The van der Waals surface area contributed by atoms with E-state index in [0.717, 1.165) is 30.8 Å². The van der Waals surface area contributed by atoms with Gasteiger partial charge in [0.2, 0.25) is 0 Å². The zero-order chi connectivity index (χ0) is 13.9. The van der Waals surface area contributed by atoms with E-state index in [2.05, 4.69) is 21.7 Å². The van der Waals surface area contributed by atoms with Crippen LogP contribution in [0, 0.1) is 0 Å². The Kier molecular flexibility index (Phi) is 5.04. The van der Waals surface area contributed by atoms with Crippen molar-refractivity contribution in [1.29, 1.82) is 0 Å². The maximum atomic E-state index is 12.1. The van der Waals surface area contributed by atoms with Crippen LogP contribution in [-0.2, 0) is 6.42 Å². The summed E-state index contributed by atoms with van der Waals surface area (Å²) < 4.78 is 0. The predicted octanol–water partition coefficient (Wildman–Crippen LogP) is 3.77. The molecule has 2 heterocycles. The highest BCUT2D eigenvalue weighted by molar-refractivity contribution is 6.29. The minimum atomic E-state index is -0.190. The van der Waals surface area contributed by atoms with Gasteiger partial charge in [0, 0.05) is 29.7 Å². The number of pyridine rings is 1. The molecule has 6 heteroatoms. The Bertz CT molecular complexity index is 661. The minimum Gasteiger partial charge on any atom is -0.385 e. The van der Waals surface area contributed by atoms with E-state index >= 15 is 0 Å². The number of nitrogens with one attached hydrogen (secondary N) is 2. The summed E-state index contributed by atoms with van der Waals surface area (Å²) in [5.41, 5.74) is 3.66. The second-order valence-electron chi connectivity index (χ2n) is 4.72. The summed E-state index contributed by atoms with van der Waals surface area (Å²) in [6, 6.07) is 9.13. The molecule has 0 bridgehead atoms. The van der Waals surface area contributed by atoms with E-state index in [9.17, 15) is 4.79 Å². The molecule has 3 rings (SSSR count). The Morgan fingerprint density at radius 2 is 2.14 bits per heavy atom. The van der Waals surface area contributed by atoms with Crippen molar-refractivity contribution in [2.75, 3.05) is 17.2 Å². The first-order chi connectivity index (χ1) is 9.72. The molecule has 4 nitrogen and oxygen atoms in total. The number of benzene rings is 1. The number of aryl methyl sites for hydroxylation is 1. The van der Waals surface area contributed by atoms with Gasteiger partial charge < -0.3 is 10.6 Å². The Morgan fingerprint density at radius 1 is 1.29 bits per heavy atom. The summed E-state index contributed by atoms with van der Waals surface area (Å²) in [5, 5.41) is 6.52. The summed E-state index contributed by atoms with van der Waals surface area (Å²) in [5.74, 6) is -0.190.